The number of aromatic amines is 2. The van der Waals surface area contributed by atoms with Gasteiger partial charge in [-0.05, 0) is 141 Å². The number of aryl methyl sites for hydroxylation is 6. The zero-order valence-electron chi connectivity index (χ0n) is 28.0. The van der Waals surface area contributed by atoms with Crippen molar-refractivity contribution >= 4 is 50.4 Å². The lowest BCUT2D eigenvalue weighted by Crippen LogP contribution is -2.06. The van der Waals surface area contributed by atoms with E-state index in [0.29, 0.717) is 0 Å². The Hall–Kier alpha value is -5.08. The molecule has 0 aliphatic heterocycles. The first-order chi connectivity index (χ1) is 22.8. The third-order valence-corrected chi connectivity index (χ3v) is 10.5. The van der Waals surface area contributed by atoms with E-state index in [1.54, 1.807) is 0 Å². The Kier molecular flexibility index (Phi) is 6.27. The average Bonchev–Trinajstić information content (AvgIpc) is 3.59. The van der Waals surface area contributed by atoms with Gasteiger partial charge in [0.25, 0.3) is 0 Å². The summed E-state index contributed by atoms with van der Waals surface area (Å²) in [5.74, 6) is 0. The molecule has 2 aliphatic rings. The minimum atomic E-state index is 1.02. The maximum Gasteiger partial charge on any atom is 0.0503 e. The van der Waals surface area contributed by atoms with E-state index < -0.39 is 0 Å². The van der Waals surface area contributed by atoms with Gasteiger partial charge < -0.3 is 9.97 Å². The molecule has 0 spiro atoms. The van der Waals surface area contributed by atoms with Crippen LogP contribution in [0.3, 0.4) is 0 Å². The molecule has 2 heteroatoms. The van der Waals surface area contributed by atoms with Crippen molar-refractivity contribution in [3.8, 4) is 22.3 Å². The molecule has 2 N–H and O–H groups in total. The van der Waals surface area contributed by atoms with Gasteiger partial charge in [0.1, 0.15) is 0 Å². The van der Waals surface area contributed by atoms with Gasteiger partial charge >= 0.3 is 0 Å². The molecule has 47 heavy (non-hydrogen) atoms. The molecular formula is C45H40N2. The fourth-order valence-electron chi connectivity index (χ4n) is 8.44. The van der Waals surface area contributed by atoms with Crippen LogP contribution >= 0.6 is 0 Å². The topological polar surface area (TPSA) is 31.6 Å². The average molecular weight is 609 g/mol. The normalized spacial score (nSPS) is 15.5. The van der Waals surface area contributed by atoms with E-state index >= 15 is 0 Å². The second-order valence-electron chi connectivity index (χ2n) is 14.3. The molecule has 0 radical (unpaired) electrons. The molecule has 0 saturated heterocycles. The highest BCUT2D eigenvalue weighted by atomic mass is 14.7. The maximum absolute atomic E-state index is 3.88. The molecule has 5 aromatic carbocycles. The van der Waals surface area contributed by atoms with Gasteiger partial charge in [0, 0.05) is 38.4 Å². The summed E-state index contributed by atoms with van der Waals surface area (Å²) in [6.07, 6.45) is 9.10. The summed E-state index contributed by atoms with van der Waals surface area (Å²) in [6.45, 7) is 11.1. The smallest absolute Gasteiger partial charge is 0.0503 e. The molecule has 0 fully saturated rings. The van der Waals surface area contributed by atoms with Crippen LogP contribution in [0.5, 0.6) is 0 Å². The summed E-state index contributed by atoms with van der Waals surface area (Å²) in [5.41, 5.74) is 23.9. The van der Waals surface area contributed by atoms with Crippen molar-refractivity contribution in [3.63, 3.8) is 0 Å². The Bertz CT molecular complexity index is 2470. The van der Waals surface area contributed by atoms with Crippen molar-refractivity contribution in [2.45, 2.75) is 60.3 Å². The van der Waals surface area contributed by atoms with E-state index in [0.717, 1.165) is 25.7 Å². The predicted octanol–water partition coefficient (Wildman–Crippen LogP) is 12.2. The van der Waals surface area contributed by atoms with Crippen LogP contribution in [0.1, 0.15) is 70.0 Å². The van der Waals surface area contributed by atoms with Crippen molar-refractivity contribution < 1.29 is 0 Å². The standard InChI is InChI=1S/C45H40N2/c1-25-6-7-32-23-41-39-22-31(35-18-28(4)15-29(5)19-35)10-13-43(39)47-45(41)36-11-8-33(24-37(32)36)44-40(20-25)38-21-30(9-12-42(38)46-44)34-16-26(2)14-27(3)17-34/h9-10,12-24,46-47H,6-8,11H2,1-5H3/b25-20+. The molecule has 9 rings (SSSR count). The highest BCUT2D eigenvalue weighted by Gasteiger charge is 2.24. The lowest BCUT2D eigenvalue weighted by molar-refractivity contribution is 0.927. The number of benzene rings is 5. The zero-order chi connectivity index (χ0) is 32.0. The predicted molar refractivity (Wildman–Crippen MR) is 202 cm³/mol. The molecule has 230 valence electrons. The van der Waals surface area contributed by atoms with Crippen LogP contribution in [0, 0.1) is 27.7 Å². The van der Waals surface area contributed by atoms with Crippen molar-refractivity contribution in [1.82, 2.24) is 9.97 Å². The van der Waals surface area contributed by atoms with Gasteiger partial charge in [0.05, 0.1) is 5.52 Å². The Morgan fingerprint density at radius 1 is 0.468 bits per heavy atom. The van der Waals surface area contributed by atoms with Crippen molar-refractivity contribution in [2.75, 3.05) is 0 Å². The van der Waals surface area contributed by atoms with Gasteiger partial charge in [0.15, 0.2) is 0 Å². The molecule has 2 nitrogen and oxygen atoms in total. The fourth-order valence-corrected chi connectivity index (χ4v) is 8.44. The van der Waals surface area contributed by atoms with Crippen LogP contribution < -0.4 is 0 Å². The van der Waals surface area contributed by atoms with Crippen LogP contribution in [0.2, 0.25) is 0 Å². The molecule has 0 saturated carbocycles. The molecular weight excluding hydrogens is 569 g/mol. The second-order valence-corrected chi connectivity index (χ2v) is 14.3. The Labute approximate surface area is 276 Å². The minimum Gasteiger partial charge on any atom is -0.354 e. The Morgan fingerprint density at radius 3 is 1.74 bits per heavy atom. The number of nitrogens with one attached hydrogen (secondary N) is 2. The number of allylic oxidation sites excluding steroid dienone is 2. The summed E-state index contributed by atoms with van der Waals surface area (Å²) in [7, 11) is 0. The van der Waals surface area contributed by atoms with Crippen molar-refractivity contribution in [2.24, 2.45) is 0 Å². The number of hydrogen-bond acceptors (Lipinski definition) is 0. The van der Waals surface area contributed by atoms with E-state index in [1.165, 1.54) is 116 Å². The van der Waals surface area contributed by atoms with Crippen LogP contribution in [-0.2, 0) is 12.8 Å². The number of hydrogen-bond donors (Lipinski definition) is 2. The fraction of sp³-hybridized carbons (Fsp3) is 0.200. The van der Waals surface area contributed by atoms with Crippen LogP contribution in [-0.4, -0.2) is 9.97 Å². The molecule has 0 amide bonds. The first kappa shape index (κ1) is 28.2. The molecule has 0 unspecified atom stereocenters. The van der Waals surface area contributed by atoms with E-state index in [-0.39, 0.29) is 0 Å². The molecule has 2 aliphatic carbocycles. The third-order valence-electron chi connectivity index (χ3n) is 10.5. The zero-order valence-corrected chi connectivity index (χ0v) is 28.0. The maximum atomic E-state index is 3.88. The number of H-pyrrole nitrogens is 2. The lowest BCUT2D eigenvalue weighted by Gasteiger charge is -2.22. The first-order valence-corrected chi connectivity index (χ1v) is 17.1. The molecule has 2 bridgehead atoms. The van der Waals surface area contributed by atoms with Gasteiger partial charge in [-0.1, -0.05) is 82.4 Å². The molecule has 7 aromatic rings. The van der Waals surface area contributed by atoms with Gasteiger partial charge in [0.2, 0.25) is 0 Å². The molecule has 2 aromatic heterocycles. The summed E-state index contributed by atoms with van der Waals surface area (Å²) in [6, 6.07) is 30.1. The van der Waals surface area contributed by atoms with Crippen molar-refractivity contribution in [3.05, 3.63) is 135 Å². The van der Waals surface area contributed by atoms with Crippen LogP contribution in [0.4, 0.5) is 0 Å². The van der Waals surface area contributed by atoms with Crippen LogP contribution in [0.15, 0.2) is 84.4 Å². The number of aromatic nitrogens is 2. The Morgan fingerprint density at radius 2 is 1.09 bits per heavy atom. The van der Waals surface area contributed by atoms with Gasteiger partial charge in [-0.25, -0.2) is 0 Å². The largest absolute Gasteiger partial charge is 0.354 e. The van der Waals surface area contributed by atoms with Gasteiger partial charge in [-0.3, -0.25) is 0 Å². The number of fused-ring (bicyclic) bond motifs is 8. The van der Waals surface area contributed by atoms with E-state index in [9.17, 15) is 0 Å². The SMILES string of the molecule is C/C1=C\c2c([nH]c3ccc(-c4cc(C)cc(C)c4)cc23)C2=Cc3c(cc4c([nH]c5ccc(-c6cc(C)cc(C)c6)cc54)c3CC2)CC1. The summed E-state index contributed by atoms with van der Waals surface area (Å²) in [4.78, 5) is 7.75. The molecule has 2 heterocycles. The van der Waals surface area contributed by atoms with Gasteiger partial charge in [-0.2, -0.15) is 0 Å². The third kappa shape index (κ3) is 4.69. The summed E-state index contributed by atoms with van der Waals surface area (Å²) >= 11 is 0. The molecule has 0 atom stereocenters. The second kappa shape index (κ2) is 10.5. The van der Waals surface area contributed by atoms with E-state index in [4.69, 9.17) is 0 Å². The Balaban J connectivity index is 1.21. The van der Waals surface area contributed by atoms with Crippen molar-refractivity contribution in [1.29, 1.82) is 0 Å². The number of rotatable bonds is 2. The summed E-state index contributed by atoms with van der Waals surface area (Å²) in [5, 5.41) is 4.00. The van der Waals surface area contributed by atoms with Crippen LogP contribution in [0.25, 0.3) is 72.7 Å². The summed E-state index contributed by atoms with van der Waals surface area (Å²) < 4.78 is 0. The lowest BCUT2D eigenvalue weighted by atomic mass is 9.83. The van der Waals surface area contributed by atoms with E-state index in [2.05, 4.69) is 136 Å². The monoisotopic (exact) mass is 608 g/mol. The highest BCUT2D eigenvalue weighted by Crippen LogP contribution is 2.43. The van der Waals surface area contributed by atoms with E-state index in [1.807, 2.05) is 0 Å². The quantitative estimate of drug-likeness (QED) is 0.196. The first-order valence-electron chi connectivity index (χ1n) is 17.1. The van der Waals surface area contributed by atoms with Gasteiger partial charge in [-0.15, -0.1) is 0 Å². The highest BCUT2D eigenvalue weighted by molar-refractivity contribution is 6.11. The minimum absolute atomic E-state index is 1.02.